The first-order valence-electron chi connectivity index (χ1n) is 12.8. The molecule has 1 aliphatic carbocycles. The van der Waals surface area contributed by atoms with E-state index in [0.29, 0.717) is 17.1 Å². The molecule has 1 unspecified atom stereocenters. The number of amides is 2. The van der Waals surface area contributed by atoms with Crippen LogP contribution in [-0.4, -0.2) is 50.0 Å². The highest BCUT2D eigenvalue weighted by atomic mass is 35.5. The van der Waals surface area contributed by atoms with Gasteiger partial charge in [0, 0.05) is 30.6 Å². The predicted octanol–water partition coefficient (Wildman–Crippen LogP) is 4.98. The number of sulfonamides is 1. The summed E-state index contributed by atoms with van der Waals surface area (Å²) in [7, 11) is -3.53. The van der Waals surface area contributed by atoms with E-state index in [2.05, 4.69) is 5.32 Å². The lowest BCUT2D eigenvalue weighted by Gasteiger charge is -2.30. The number of anilines is 1. The van der Waals surface area contributed by atoms with Crippen LogP contribution < -0.4 is 9.62 Å². The van der Waals surface area contributed by atoms with E-state index in [0.717, 1.165) is 42.4 Å². The summed E-state index contributed by atoms with van der Waals surface area (Å²) in [6.07, 6.45) is 5.74. The Kier molecular flexibility index (Phi) is 10.0. The Hall–Kier alpha value is -2.58. The van der Waals surface area contributed by atoms with E-state index in [4.69, 9.17) is 11.6 Å². The van der Waals surface area contributed by atoms with E-state index in [9.17, 15) is 18.0 Å². The number of nitrogens with one attached hydrogen (secondary N) is 1. The van der Waals surface area contributed by atoms with Gasteiger partial charge in [0.1, 0.15) is 6.04 Å². The molecule has 202 valence electrons. The first-order chi connectivity index (χ1) is 17.4. The SMILES string of the molecule is Cc1cc(C)cc(N(CCCC(=O)N(Cc2ccc(Cl)cc2)C(C)C(=O)NC2CCCC2)S(C)(=O)=O)c1. The second-order valence-electron chi connectivity index (χ2n) is 10.1. The summed E-state index contributed by atoms with van der Waals surface area (Å²) in [6.45, 7) is 6.03. The quantitative estimate of drug-likeness (QED) is 0.430. The van der Waals surface area contributed by atoms with Crippen molar-refractivity contribution in [3.63, 3.8) is 0 Å². The molecule has 1 saturated carbocycles. The van der Waals surface area contributed by atoms with Gasteiger partial charge in [0.2, 0.25) is 21.8 Å². The molecule has 0 aliphatic heterocycles. The zero-order valence-corrected chi connectivity index (χ0v) is 23.7. The Morgan fingerprint density at radius 2 is 1.65 bits per heavy atom. The van der Waals surface area contributed by atoms with Crippen LogP contribution in [0.15, 0.2) is 42.5 Å². The molecule has 1 fully saturated rings. The van der Waals surface area contributed by atoms with Gasteiger partial charge < -0.3 is 10.2 Å². The fourth-order valence-corrected chi connectivity index (χ4v) is 5.93. The summed E-state index contributed by atoms with van der Waals surface area (Å²) in [5.74, 6) is -0.361. The van der Waals surface area contributed by atoms with Crippen LogP contribution in [0.3, 0.4) is 0 Å². The van der Waals surface area contributed by atoms with Crippen LogP contribution in [0.25, 0.3) is 0 Å². The van der Waals surface area contributed by atoms with Crippen molar-refractivity contribution in [1.29, 1.82) is 0 Å². The molecule has 37 heavy (non-hydrogen) atoms. The second kappa shape index (κ2) is 12.8. The molecule has 0 bridgehead atoms. The van der Waals surface area contributed by atoms with Gasteiger partial charge >= 0.3 is 0 Å². The maximum atomic E-state index is 13.4. The second-order valence-corrected chi connectivity index (χ2v) is 12.4. The summed E-state index contributed by atoms with van der Waals surface area (Å²) in [4.78, 5) is 28.0. The molecule has 0 spiro atoms. The molecule has 1 aliphatic rings. The third kappa shape index (κ3) is 8.47. The lowest BCUT2D eigenvalue weighted by Crippen LogP contribution is -2.49. The first kappa shape index (κ1) is 29.0. The summed E-state index contributed by atoms with van der Waals surface area (Å²) < 4.78 is 26.5. The molecule has 3 rings (SSSR count). The van der Waals surface area contributed by atoms with Crippen molar-refractivity contribution < 1.29 is 18.0 Å². The minimum absolute atomic E-state index is 0.117. The Morgan fingerprint density at radius 3 is 2.22 bits per heavy atom. The van der Waals surface area contributed by atoms with Crippen molar-refractivity contribution in [2.75, 3.05) is 17.1 Å². The molecule has 2 amide bonds. The van der Waals surface area contributed by atoms with Crippen molar-refractivity contribution in [1.82, 2.24) is 10.2 Å². The normalized spacial score (nSPS) is 14.8. The van der Waals surface area contributed by atoms with Crippen molar-refractivity contribution in [3.8, 4) is 0 Å². The van der Waals surface area contributed by atoms with Crippen LogP contribution >= 0.6 is 11.6 Å². The number of rotatable bonds is 11. The minimum atomic E-state index is -3.53. The first-order valence-corrected chi connectivity index (χ1v) is 15.1. The maximum Gasteiger partial charge on any atom is 0.242 e. The monoisotopic (exact) mass is 547 g/mol. The zero-order chi connectivity index (χ0) is 27.2. The standard InChI is InChI=1S/C28H38ClN3O4S/c1-20-16-21(2)18-26(17-20)32(37(4,35)36)15-7-10-27(33)31(19-23-11-13-24(29)14-12-23)22(3)28(34)30-25-8-5-6-9-25/h11-14,16-18,22,25H,5-10,15,19H2,1-4H3,(H,30,34). The number of carbonyl (C=O) groups is 2. The molecule has 1 atom stereocenters. The lowest BCUT2D eigenvalue weighted by atomic mass is 10.1. The van der Waals surface area contributed by atoms with E-state index >= 15 is 0 Å². The average Bonchev–Trinajstić information content (AvgIpc) is 3.32. The number of aryl methyl sites for hydroxylation is 2. The third-order valence-corrected chi connectivity index (χ3v) is 8.23. The van der Waals surface area contributed by atoms with E-state index in [1.807, 2.05) is 44.2 Å². The van der Waals surface area contributed by atoms with Gasteiger partial charge in [0.15, 0.2) is 0 Å². The fourth-order valence-electron chi connectivity index (χ4n) is 4.86. The van der Waals surface area contributed by atoms with Crippen molar-refractivity contribution in [2.45, 2.75) is 77.9 Å². The number of benzene rings is 2. The van der Waals surface area contributed by atoms with Crippen molar-refractivity contribution >= 4 is 39.1 Å². The molecule has 0 heterocycles. The van der Waals surface area contributed by atoms with Gasteiger partial charge in [-0.05, 0) is 81.0 Å². The van der Waals surface area contributed by atoms with E-state index in [1.165, 1.54) is 10.6 Å². The Balaban J connectivity index is 1.73. The van der Waals surface area contributed by atoms with Gasteiger partial charge in [-0.3, -0.25) is 13.9 Å². The number of hydrogen-bond acceptors (Lipinski definition) is 4. The Labute approximate surface area is 226 Å². The summed E-state index contributed by atoms with van der Waals surface area (Å²) in [6, 6.07) is 12.4. The number of carbonyl (C=O) groups excluding carboxylic acids is 2. The van der Waals surface area contributed by atoms with Crippen LogP contribution in [0.4, 0.5) is 5.69 Å². The molecule has 0 radical (unpaired) electrons. The van der Waals surface area contributed by atoms with Crippen LogP contribution in [0.5, 0.6) is 0 Å². The van der Waals surface area contributed by atoms with Gasteiger partial charge in [-0.1, -0.05) is 42.6 Å². The van der Waals surface area contributed by atoms with Gasteiger partial charge in [-0.2, -0.15) is 0 Å². The van der Waals surface area contributed by atoms with Crippen molar-refractivity contribution in [3.05, 3.63) is 64.2 Å². The highest BCUT2D eigenvalue weighted by molar-refractivity contribution is 7.92. The molecular weight excluding hydrogens is 510 g/mol. The molecule has 0 aromatic heterocycles. The van der Waals surface area contributed by atoms with Crippen molar-refractivity contribution in [2.24, 2.45) is 0 Å². The van der Waals surface area contributed by atoms with Crippen LogP contribution in [0.2, 0.25) is 5.02 Å². The summed E-state index contributed by atoms with van der Waals surface area (Å²) in [5.41, 5.74) is 3.40. The van der Waals surface area contributed by atoms with Gasteiger partial charge in [-0.15, -0.1) is 0 Å². The Morgan fingerprint density at radius 1 is 1.05 bits per heavy atom. The van der Waals surface area contributed by atoms with Crippen LogP contribution in [0, 0.1) is 13.8 Å². The zero-order valence-electron chi connectivity index (χ0n) is 22.2. The summed E-state index contributed by atoms with van der Waals surface area (Å²) in [5, 5.41) is 3.69. The summed E-state index contributed by atoms with van der Waals surface area (Å²) >= 11 is 6.03. The van der Waals surface area contributed by atoms with E-state index in [1.54, 1.807) is 24.0 Å². The number of nitrogens with zero attached hydrogens (tertiary/aromatic N) is 2. The molecule has 1 N–H and O–H groups in total. The van der Waals surface area contributed by atoms with Gasteiger partial charge in [-0.25, -0.2) is 8.42 Å². The number of hydrogen-bond donors (Lipinski definition) is 1. The highest BCUT2D eigenvalue weighted by Gasteiger charge is 2.28. The van der Waals surface area contributed by atoms with E-state index < -0.39 is 16.1 Å². The molecule has 0 saturated heterocycles. The molecule has 7 nitrogen and oxygen atoms in total. The van der Waals surface area contributed by atoms with Crippen LogP contribution in [-0.2, 0) is 26.2 Å². The maximum absolute atomic E-state index is 13.4. The number of halogens is 1. The van der Waals surface area contributed by atoms with Crippen LogP contribution in [0.1, 0.15) is 62.1 Å². The molecule has 2 aromatic rings. The van der Waals surface area contributed by atoms with Gasteiger partial charge in [0.05, 0.1) is 11.9 Å². The lowest BCUT2D eigenvalue weighted by molar-refractivity contribution is -0.141. The minimum Gasteiger partial charge on any atom is -0.352 e. The molecular formula is C28H38ClN3O4S. The van der Waals surface area contributed by atoms with Gasteiger partial charge in [0.25, 0.3) is 0 Å². The van der Waals surface area contributed by atoms with E-state index in [-0.39, 0.29) is 37.4 Å². The third-order valence-electron chi connectivity index (χ3n) is 6.78. The molecule has 2 aromatic carbocycles. The fraction of sp³-hybridized carbons (Fsp3) is 0.500. The largest absolute Gasteiger partial charge is 0.352 e. The topological polar surface area (TPSA) is 86.8 Å². The average molecular weight is 548 g/mol. The smallest absolute Gasteiger partial charge is 0.242 e. The Bertz CT molecular complexity index is 1170. The molecule has 9 heteroatoms. The predicted molar refractivity (Wildman–Crippen MR) is 149 cm³/mol. The highest BCUT2D eigenvalue weighted by Crippen LogP contribution is 2.23.